The van der Waals surface area contributed by atoms with Gasteiger partial charge >= 0.3 is 12.1 Å². The third-order valence-electron chi connectivity index (χ3n) is 2.98. The molecule has 0 saturated heterocycles. The molecule has 120 valence electrons. The van der Waals surface area contributed by atoms with E-state index in [1.165, 1.54) is 0 Å². The molecular weight excluding hydrogens is 294 g/mol. The number of carbonyl (C=O) groups is 2. The summed E-state index contributed by atoms with van der Waals surface area (Å²) in [4.78, 5) is 23.1. The Morgan fingerprint density at radius 1 is 1.04 bits per heavy atom. The molecule has 0 fully saturated rings. The van der Waals surface area contributed by atoms with Crippen molar-refractivity contribution < 1.29 is 19.4 Å². The lowest BCUT2D eigenvalue weighted by atomic mass is 9.99. The third-order valence-corrected chi connectivity index (χ3v) is 2.98. The van der Waals surface area contributed by atoms with Crippen molar-refractivity contribution in [2.75, 3.05) is 5.32 Å². The molecule has 0 aliphatic carbocycles. The maximum absolute atomic E-state index is 11.8. The van der Waals surface area contributed by atoms with Gasteiger partial charge in [0.15, 0.2) is 0 Å². The number of rotatable bonds is 3. The fraction of sp³-hybridized carbons (Fsp3) is 0.222. The summed E-state index contributed by atoms with van der Waals surface area (Å²) in [5.41, 5.74) is 1.46. The lowest BCUT2D eigenvalue weighted by molar-refractivity contribution is 0.0634. The first-order chi connectivity index (χ1) is 10.8. The number of aromatic carboxylic acids is 1. The van der Waals surface area contributed by atoms with E-state index in [4.69, 9.17) is 4.74 Å². The highest BCUT2D eigenvalue weighted by atomic mass is 16.6. The van der Waals surface area contributed by atoms with Gasteiger partial charge in [0.25, 0.3) is 0 Å². The van der Waals surface area contributed by atoms with Crippen molar-refractivity contribution in [1.29, 1.82) is 0 Å². The predicted octanol–water partition coefficient (Wildman–Crippen LogP) is 4.40. The number of hydrogen-bond donors (Lipinski definition) is 2. The molecule has 2 N–H and O–H groups in total. The minimum Gasteiger partial charge on any atom is -0.478 e. The first-order valence-corrected chi connectivity index (χ1v) is 7.19. The van der Waals surface area contributed by atoms with Gasteiger partial charge in [-0.05, 0) is 50.1 Å². The van der Waals surface area contributed by atoms with Gasteiger partial charge in [-0.25, -0.2) is 9.59 Å². The fourth-order valence-corrected chi connectivity index (χ4v) is 2.11. The normalized spacial score (nSPS) is 10.9. The Balaban J connectivity index is 2.28. The van der Waals surface area contributed by atoms with E-state index in [-0.39, 0.29) is 5.56 Å². The number of benzene rings is 2. The molecule has 0 unspecified atom stereocenters. The topological polar surface area (TPSA) is 75.6 Å². The Morgan fingerprint density at radius 3 is 2.39 bits per heavy atom. The van der Waals surface area contributed by atoms with Crippen LogP contribution in [0, 0.1) is 0 Å². The van der Waals surface area contributed by atoms with Gasteiger partial charge in [0.05, 0.1) is 5.56 Å². The molecule has 0 bridgehead atoms. The molecule has 2 aromatic rings. The van der Waals surface area contributed by atoms with Crippen LogP contribution in [0.5, 0.6) is 0 Å². The highest BCUT2D eigenvalue weighted by Crippen LogP contribution is 2.26. The molecule has 0 aliphatic heterocycles. The average molecular weight is 313 g/mol. The van der Waals surface area contributed by atoms with Crippen molar-refractivity contribution >= 4 is 17.7 Å². The SMILES string of the molecule is CC(C)(C)OC(=O)Nc1cccc(-c2ccccc2C(=O)O)c1. The van der Waals surface area contributed by atoms with Crippen LogP contribution in [0.25, 0.3) is 11.1 Å². The van der Waals surface area contributed by atoms with E-state index in [1.54, 1.807) is 69.3 Å². The van der Waals surface area contributed by atoms with Gasteiger partial charge in [-0.2, -0.15) is 0 Å². The fourth-order valence-electron chi connectivity index (χ4n) is 2.11. The predicted molar refractivity (Wildman–Crippen MR) is 88.7 cm³/mol. The van der Waals surface area contributed by atoms with Crippen molar-refractivity contribution in [3.63, 3.8) is 0 Å². The van der Waals surface area contributed by atoms with Crippen molar-refractivity contribution in [2.45, 2.75) is 26.4 Å². The highest BCUT2D eigenvalue weighted by Gasteiger charge is 2.16. The smallest absolute Gasteiger partial charge is 0.412 e. The van der Waals surface area contributed by atoms with Crippen LogP contribution in [0.1, 0.15) is 31.1 Å². The standard InChI is InChI=1S/C18H19NO4/c1-18(2,3)23-17(22)19-13-8-6-7-12(11-13)14-9-4-5-10-15(14)16(20)21/h4-11H,1-3H3,(H,19,22)(H,20,21). The molecule has 0 aromatic heterocycles. The Kier molecular flexibility index (Phi) is 4.69. The molecule has 0 spiro atoms. The monoisotopic (exact) mass is 313 g/mol. The van der Waals surface area contributed by atoms with E-state index in [0.29, 0.717) is 16.8 Å². The van der Waals surface area contributed by atoms with E-state index >= 15 is 0 Å². The number of carbonyl (C=O) groups excluding carboxylic acids is 1. The third kappa shape index (κ3) is 4.57. The van der Waals surface area contributed by atoms with Gasteiger partial charge in [-0.1, -0.05) is 30.3 Å². The summed E-state index contributed by atoms with van der Waals surface area (Å²) in [6.45, 7) is 5.35. The van der Waals surface area contributed by atoms with Crippen LogP contribution >= 0.6 is 0 Å². The molecule has 0 saturated carbocycles. The summed E-state index contributed by atoms with van der Waals surface area (Å²) in [5, 5.41) is 11.9. The lowest BCUT2D eigenvalue weighted by Crippen LogP contribution is -2.27. The molecule has 5 heteroatoms. The Morgan fingerprint density at radius 2 is 1.74 bits per heavy atom. The van der Waals surface area contributed by atoms with Gasteiger partial charge < -0.3 is 9.84 Å². The number of hydrogen-bond acceptors (Lipinski definition) is 3. The zero-order chi connectivity index (χ0) is 17.0. The van der Waals surface area contributed by atoms with Crippen LogP contribution in [-0.4, -0.2) is 22.8 Å². The minimum absolute atomic E-state index is 0.210. The molecule has 0 radical (unpaired) electrons. The molecular formula is C18H19NO4. The molecule has 1 amide bonds. The molecule has 0 heterocycles. The maximum atomic E-state index is 11.8. The Labute approximate surface area is 134 Å². The Hall–Kier alpha value is -2.82. The summed E-state index contributed by atoms with van der Waals surface area (Å²) in [5.74, 6) is -0.994. The highest BCUT2D eigenvalue weighted by molar-refractivity contribution is 5.96. The number of amides is 1. The zero-order valence-corrected chi connectivity index (χ0v) is 13.3. The van der Waals surface area contributed by atoms with Gasteiger partial charge in [0.2, 0.25) is 0 Å². The Bertz CT molecular complexity index is 732. The van der Waals surface area contributed by atoms with Crippen LogP contribution in [0.2, 0.25) is 0 Å². The number of carboxylic acids is 1. The maximum Gasteiger partial charge on any atom is 0.412 e. The van der Waals surface area contributed by atoms with Gasteiger partial charge in [-0.15, -0.1) is 0 Å². The quantitative estimate of drug-likeness (QED) is 0.880. The first kappa shape index (κ1) is 16.5. The molecule has 5 nitrogen and oxygen atoms in total. The van der Waals surface area contributed by atoms with Crippen LogP contribution in [0.4, 0.5) is 10.5 Å². The van der Waals surface area contributed by atoms with Crippen LogP contribution < -0.4 is 5.32 Å². The number of anilines is 1. The van der Waals surface area contributed by atoms with E-state index in [1.807, 2.05) is 0 Å². The van der Waals surface area contributed by atoms with Crippen molar-refractivity contribution in [3.8, 4) is 11.1 Å². The number of carboxylic acid groups (broad SMARTS) is 1. The summed E-state index contributed by atoms with van der Waals surface area (Å²) >= 11 is 0. The lowest BCUT2D eigenvalue weighted by Gasteiger charge is -2.19. The van der Waals surface area contributed by atoms with Crippen molar-refractivity contribution in [3.05, 3.63) is 54.1 Å². The van der Waals surface area contributed by atoms with Crippen molar-refractivity contribution in [2.24, 2.45) is 0 Å². The molecule has 23 heavy (non-hydrogen) atoms. The van der Waals surface area contributed by atoms with E-state index < -0.39 is 17.7 Å². The van der Waals surface area contributed by atoms with Crippen LogP contribution in [0.3, 0.4) is 0 Å². The minimum atomic E-state index is -0.994. The van der Waals surface area contributed by atoms with Crippen LogP contribution in [-0.2, 0) is 4.74 Å². The van der Waals surface area contributed by atoms with E-state index in [2.05, 4.69) is 5.32 Å². The van der Waals surface area contributed by atoms with Gasteiger partial charge in [0, 0.05) is 5.69 Å². The van der Waals surface area contributed by atoms with Gasteiger partial charge in [0.1, 0.15) is 5.60 Å². The largest absolute Gasteiger partial charge is 0.478 e. The molecule has 0 atom stereocenters. The van der Waals surface area contributed by atoms with Crippen molar-refractivity contribution in [1.82, 2.24) is 0 Å². The molecule has 2 rings (SSSR count). The van der Waals surface area contributed by atoms with E-state index in [9.17, 15) is 14.7 Å². The summed E-state index contributed by atoms with van der Waals surface area (Å²) in [7, 11) is 0. The van der Waals surface area contributed by atoms with E-state index in [0.717, 1.165) is 0 Å². The summed E-state index contributed by atoms with van der Waals surface area (Å²) < 4.78 is 5.21. The number of nitrogens with one attached hydrogen (secondary N) is 1. The molecule has 0 aliphatic rings. The van der Waals surface area contributed by atoms with Gasteiger partial charge in [-0.3, -0.25) is 5.32 Å². The zero-order valence-electron chi connectivity index (χ0n) is 13.3. The second-order valence-electron chi connectivity index (χ2n) is 6.06. The van der Waals surface area contributed by atoms with Crippen LogP contribution in [0.15, 0.2) is 48.5 Å². The second kappa shape index (κ2) is 6.52. The molecule has 2 aromatic carbocycles. The average Bonchev–Trinajstić information content (AvgIpc) is 2.45. The number of ether oxygens (including phenoxy) is 1. The summed E-state index contributed by atoms with van der Waals surface area (Å²) in [6, 6.07) is 13.7. The first-order valence-electron chi connectivity index (χ1n) is 7.19. The second-order valence-corrected chi connectivity index (χ2v) is 6.06. The summed E-state index contributed by atoms with van der Waals surface area (Å²) in [6.07, 6.45) is -0.554.